The fraction of sp³-hybridized carbons (Fsp3) is 0.929. The predicted molar refractivity (Wildman–Crippen MR) is 73.1 cm³/mol. The summed E-state index contributed by atoms with van der Waals surface area (Å²) in [5.41, 5.74) is -0.271. The maximum absolute atomic E-state index is 11.5. The summed E-state index contributed by atoms with van der Waals surface area (Å²) in [4.78, 5) is 16.0. The number of aldehydes is 1. The van der Waals surface area contributed by atoms with E-state index in [9.17, 15) is 9.90 Å². The zero-order valence-electron chi connectivity index (χ0n) is 12.0. The first-order chi connectivity index (χ1) is 9.04. The van der Waals surface area contributed by atoms with E-state index in [4.69, 9.17) is 4.74 Å². The van der Waals surface area contributed by atoms with Gasteiger partial charge in [0, 0.05) is 44.3 Å². The lowest BCUT2D eigenvalue weighted by Gasteiger charge is -2.38. The van der Waals surface area contributed by atoms with Crippen molar-refractivity contribution in [2.45, 2.75) is 31.4 Å². The monoisotopic (exact) mass is 270 g/mol. The molecule has 2 heterocycles. The summed E-state index contributed by atoms with van der Waals surface area (Å²) in [6, 6.07) is 0.352. The molecule has 0 aromatic heterocycles. The summed E-state index contributed by atoms with van der Waals surface area (Å²) in [5.74, 6) is 0. The summed E-state index contributed by atoms with van der Waals surface area (Å²) >= 11 is 0. The average molecular weight is 270 g/mol. The highest BCUT2D eigenvalue weighted by Gasteiger charge is 2.39. The number of likely N-dealkylation sites (N-methyl/N-ethyl adjacent to an activating group) is 1. The van der Waals surface area contributed by atoms with Gasteiger partial charge in [-0.05, 0) is 33.4 Å². The maximum atomic E-state index is 11.5. The molecule has 5 heteroatoms. The van der Waals surface area contributed by atoms with E-state index in [-0.39, 0.29) is 11.5 Å². The molecule has 2 fully saturated rings. The van der Waals surface area contributed by atoms with E-state index in [1.165, 1.54) is 0 Å². The molecule has 0 amide bonds. The van der Waals surface area contributed by atoms with Gasteiger partial charge < -0.3 is 19.5 Å². The van der Waals surface area contributed by atoms with E-state index in [1.807, 2.05) is 14.1 Å². The second kappa shape index (κ2) is 6.31. The lowest BCUT2D eigenvalue weighted by Crippen LogP contribution is -2.47. The van der Waals surface area contributed by atoms with Crippen LogP contribution >= 0.6 is 0 Å². The fourth-order valence-corrected chi connectivity index (χ4v) is 3.26. The highest BCUT2D eigenvalue weighted by Crippen LogP contribution is 2.32. The van der Waals surface area contributed by atoms with Gasteiger partial charge >= 0.3 is 0 Å². The summed E-state index contributed by atoms with van der Waals surface area (Å²) in [6.07, 6.45) is 3.28. The van der Waals surface area contributed by atoms with E-state index < -0.39 is 0 Å². The quantitative estimate of drug-likeness (QED) is 0.712. The first kappa shape index (κ1) is 14.9. The van der Waals surface area contributed by atoms with Gasteiger partial charge in [0.1, 0.15) is 6.29 Å². The van der Waals surface area contributed by atoms with Crippen LogP contribution in [0, 0.1) is 5.41 Å². The minimum Gasteiger partial charge on any atom is -0.392 e. The number of carbonyl (C=O) groups excluding carboxylic acids is 1. The Morgan fingerprint density at radius 2 is 2.11 bits per heavy atom. The van der Waals surface area contributed by atoms with Crippen molar-refractivity contribution in [3.8, 4) is 0 Å². The van der Waals surface area contributed by atoms with Crippen molar-refractivity contribution in [2.24, 2.45) is 5.41 Å². The molecule has 1 N–H and O–H groups in total. The topological polar surface area (TPSA) is 53.0 Å². The molecule has 2 unspecified atom stereocenters. The minimum absolute atomic E-state index is 0.256. The third-order valence-corrected chi connectivity index (χ3v) is 4.34. The third kappa shape index (κ3) is 3.75. The maximum Gasteiger partial charge on any atom is 0.127 e. The Morgan fingerprint density at radius 1 is 1.42 bits per heavy atom. The second-order valence-electron chi connectivity index (χ2n) is 6.33. The molecule has 0 bridgehead atoms. The number of aliphatic hydroxyl groups excluding tert-OH is 1. The smallest absolute Gasteiger partial charge is 0.127 e. The Labute approximate surface area is 115 Å². The average Bonchev–Trinajstić information content (AvgIpc) is 2.69. The number of carbonyl (C=O) groups is 1. The molecule has 0 radical (unpaired) electrons. The number of hydrogen-bond acceptors (Lipinski definition) is 5. The molecule has 2 atom stereocenters. The molecule has 110 valence electrons. The van der Waals surface area contributed by atoms with Gasteiger partial charge in [-0.15, -0.1) is 0 Å². The van der Waals surface area contributed by atoms with Crippen molar-refractivity contribution in [2.75, 3.05) is 46.9 Å². The van der Waals surface area contributed by atoms with Crippen molar-refractivity contribution in [3.63, 3.8) is 0 Å². The number of β-amino-alcohol motifs (C(OH)–C–C–N with tert-alkyl or cyclic N) is 1. The third-order valence-electron chi connectivity index (χ3n) is 4.34. The molecule has 0 saturated carbocycles. The highest BCUT2D eigenvalue weighted by atomic mass is 16.5. The molecular weight excluding hydrogens is 244 g/mol. The van der Waals surface area contributed by atoms with E-state index in [0.717, 1.165) is 38.6 Å². The van der Waals surface area contributed by atoms with Crippen molar-refractivity contribution in [3.05, 3.63) is 0 Å². The van der Waals surface area contributed by atoms with Crippen LogP contribution in [0.5, 0.6) is 0 Å². The molecule has 2 aliphatic rings. The summed E-state index contributed by atoms with van der Waals surface area (Å²) in [7, 11) is 4.10. The van der Waals surface area contributed by atoms with E-state index in [2.05, 4.69) is 9.80 Å². The Morgan fingerprint density at radius 3 is 2.68 bits per heavy atom. The molecular formula is C14H26N2O3. The first-order valence-electron chi connectivity index (χ1n) is 7.15. The standard InChI is InChI=1S/C14H26N2O3/c1-15(2)8-12-7-13(18)9-16(12)10-14(11-17)3-5-19-6-4-14/h11-13,18H,3-10H2,1-2H3. The lowest BCUT2D eigenvalue weighted by molar-refractivity contribution is -0.123. The van der Waals surface area contributed by atoms with Crippen LogP contribution in [-0.4, -0.2) is 80.3 Å². The Kier molecular flexibility index (Phi) is 4.95. The van der Waals surface area contributed by atoms with Crippen molar-refractivity contribution in [1.82, 2.24) is 9.80 Å². The Bertz CT molecular complexity index is 303. The summed E-state index contributed by atoms with van der Waals surface area (Å²) in [5, 5.41) is 9.90. The van der Waals surface area contributed by atoms with Crippen LogP contribution in [0.25, 0.3) is 0 Å². The largest absolute Gasteiger partial charge is 0.392 e. The highest BCUT2D eigenvalue weighted by molar-refractivity contribution is 5.60. The summed E-state index contributed by atoms with van der Waals surface area (Å²) in [6.45, 7) is 3.73. The number of nitrogens with zero attached hydrogens (tertiary/aromatic N) is 2. The Balaban J connectivity index is 2.00. The molecule has 2 rings (SSSR count). The van der Waals surface area contributed by atoms with E-state index in [0.29, 0.717) is 25.8 Å². The fourth-order valence-electron chi connectivity index (χ4n) is 3.26. The van der Waals surface area contributed by atoms with Crippen LogP contribution in [0.4, 0.5) is 0 Å². The molecule has 2 saturated heterocycles. The van der Waals surface area contributed by atoms with Crippen LogP contribution < -0.4 is 0 Å². The van der Waals surface area contributed by atoms with Gasteiger partial charge in [0.2, 0.25) is 0 Å². The predicted octanol–water partition coefficient (Wildman–Crippen LogP) is -0.0211. The van der Waals surface area contributed by atoms with Crippen molar-refractivity contribution in [1.29, 1.82) is 0 Å². The molecule has 0 aliphatic carbocycles. The normalized spacial score (nSPS) is 31.8. The van der Waals surface area contributed by atoms with Crippen LogP contribution in [-0.2, 0) is 9.53 Å². The second-order valence-corrected chi connectivity index (χ2v) is 6.33. The first-order valence-corrected chi connectivity index (χ1v) is 7.15. The van der Waals surface area contributed by atoms with Crippen molar-refractivity contribution >= 4 is 6.29 Å². The van der Waals surface area contributed by atoms with Crippen LogP contribution in [0.2, 0.25) is 0 Å². The van der Waals surface area contributed by atoms with Gasteiger partial charge in [0.15, 0.2) is 0 Å². The number of rotatable bonds is 5. The molecule has 2 aliphatic heterocycles. The number of likely N-dealkylation sites (tertiary alicyclic amines) is 1. The molecule has 5 nitrogen and oxygen atoms in total. The van der Waals surface area contributed by atoms with Crippen molar-refractivity contribution < 1.29 is 14.6 Å². The molecule has 0 aromatic rings. The van der Waals surface area contributed by atoms with Crippen LogP contribution in [0.3, 0.4) is 0 Å². The number of aliphatic hydroxyl groups is 1. The molecule has 0 aromatic carbocycles. The van der Waals surface area contributed by atoms with Gasteiger partial charge in [0.05, 0.1) is 6.10 Å². The molecule has 0 spiro atoms. The summed E-state index contributed by atoms with van der Waals surface area (Å²) < 4.78 is 5.37. The number of hydrogen-bond donors (Lipinski definition) is 1. The van der Waals surface area contributed by atoms with E-state index >= 15 is 0 Å². The molecule has 19 heavy (non-hydrogen) atoms. The zero-order chi connectivity index (χ0) is 13.9. The Hall–Kier alpha value is -0.490. The van der Waals surface area contributed by atoms with Crippen LogP contribution in [0.1, 0.15) is 19.3 Å². The van der Waals surface area contributed by atoms with Gasteiger partial charge in [-0.25, -0.2) is 0 Å². The lowest BCUT2D eigenvalue weighted by atomic mass is 9.81. The number of ether oxygens (including phenoxy) is 1. The van der Waals surface area contributed by atoms with Gasteiger partial charge in [-0.3, -0.25) is 4.90 Å². The van der Waals surface area contributed by atoms with Gasteiger partial charge in [-0.1, -0.05) is 0 Å². The van der Waals surface area contributed by atoms with Gasteiger partial charge in [0.25, 0.3) is 0 Å². The zero-order valence-corrected chi connectivity index (χ0v) is 12.0. The van der Waals surface area contributed by atoms with E-state index in [1.54, 1.807) is 0 Å². The van der Waals surface area contributed by atoms with Crippen LogP contribution in [0.15, 0.2) is 0 Å². The SMILES string of the molecule is CN(C)CC1CC(O)CN1CC1(C=O)CCOCC1. The van der Waals surface area contributed by atoms with Gasteiger partial charge in [-0.2, -0.15) is 0 Å². The minimum atomic E-state index is -0.271.